The molecule has 19 heavy (non-hydrogen) atoms. The Balaban J connectivity index is 1.78. The molecule has 2 aliphatic rings. The van der Waals surface area contributed by atoms with Crippen LogP contribution in [0.15, 0.2) is 41.8 Å². The van der Waals surface area contributed by atoms with E-state index in [1.807, 2.05) is 18.2 Å². The molecule has 1 aromatic carbocycles. The van der Waals surface area contributed by atoms with E-state index in [4.69, 9.17) is 4.74 Å². The largest absolute Gasteiger partial charge is 0.470 e. The van der Waals surface area contributed by atoms with Gasteiger partial charge in [0.2, 0.25) is 5.88 Å². The van der Waals surface area contributed by atoms with Crippen LogP contribution in [-0.4, -0.2) is 18.0 Å². The van der Waals surface area contributed by atoms with Gasteiger partial charge in [-0.3, -0.25) is 0 Å². The summed E-state index contributed by atoms with van der Waals surface area (Å²) in [5.41, 5.74) is 1.96. The molecule has 0 bridgehead atoms. The van der Waals surface area contributed by atoms with E-state index in [2.05, 4.69) is 23.1 Å². The van der Waals surface area contributed by atoms with E-state index in [1.165, 1.54) is 19.3 Å². The Bertz CT molecular complexity index is 509. The summed E-state index contributed by atoms with van der Waals surface area (Å²) in [7, 11) is 0. The summed E-state index contributed by atoms with van der Waals surface area (Å²) in [5, 5.41) is 9.32. The summed E-state index contributed by atoms with van der Waals surface area (Å²) < 4.78 is 6.07. The quantitative estimate of drug-likeness (QED) is 0.812. The van der Waals surface area contributed by atoms with Gasteiger partial charge in [0, 0.05) is 19.5 Å². The molecule has 2 heterocycles. The maximum Gasteiger partial charge on any atom is 0.204 e. The van der Waals surface area contributed by atoms with Crippen molar-refractivity contribution in [2.24, 2.45) is 0 Å². The molecule has 3 rings (SSSR count). The van der Waals surface area contributed by atoms with Gasteiger partial charge >= 0.3 is 0 Å². The van der Waals surface area contributed by atoms with Gasteiger partial charge in [0.05, 0.1) is 5.57 Å². The standard InChI is InChI=1S/C16H18N2O/c17-12-14-11-15(13-7-3-1-4-8-13)19-16(14)18-9-5-2-6-10-18/h1,3-4,7-8,15H,2,5-6,9-11H2. The lowest BCUT2D eigenvalue weighted by Crippen LogP contribution is -2.30. The third kappa shape index (κ3) is 2.44. The topological polar surface area (TPSA) is 36.3 Å². The fourth-order valence-corrected chi connectivity index (χ4v) is 2.83. The average molecular weight is 254 g/mol. The van der Waals surface area contributed by atoms with Gasteiger partial charge in [0.15, 0.2) is 0 Å². The van der Waals surface area contributed by atoms with Crippen LogP contribution in [0.25, 0.3) is 0 Å². The predicted octanol–water partition coefficient (Wildman–Crippen LogP) is 3.37. The van der Waals surface area contributed by atoms with E-state index < -0.39 is 0 Å². The SMILES string of the molecule is N#CC1=C(N2CCCCC2)OC(c2ccccc2)C1. The first-order valence-electron chi connectivity index (χ1n) is 6.98. The zero-order chi connectivity index (χ0) is 13.1. The van der Waals surface area contributed by atoms with Gasteiger partial charge in [-0.25, -0.2) is 0 Å². The van der Waals surface area contributed by atoms with Crippen LogP contribution in [0.5, 0.6) is 0 Å². The summed E-state index contributed by atoms with van der Waals surface area (Å²) in [6.45, 7) is 2.03. The van der Waals surface area contributed by atoms with Gasteiger partial charge in [0.25, 0.3) is 0 Å². The molecule has 0 radical (unpaired) electrons. The molecule has 1 aromatic rings. The number of nitriles is 1. The number of hydrogen-bond acceptors (Lipinski definition) is 3. The third-order valence-corrected chi connectivity index (χ3v) is 3.85. The Morgan fingerprint density at radius 3 is 2.53 bits per heavy atom. The van der Waals surface area contributed by atoms with Gasteiger partial charge in [-0.15, -0.1) is 0 Å². The summed E-state index contributed by atoms with van der Waals surface area (Å²) in [6, 6.07) is 12.5. The Labute approximate surface area is 114 Å². The van der Waals surface area contributed by atoms with Gasteiger partial charge in [0.1, 0.15) is 12.2 Å². The fraction of sp³-hybridized carbons (Fsp3) is 0.438. The van der Waals surface area contributed by atoms with Crippen molar-refractivity contribution in [2.45, 2.75) is 31.8 Å². The lowest BCUT2D eigenvalue weighted by Gasteiger charge is -2.29. The second-order valence-electron chi connectivity index (χ2n) is 5.16. The van der Waals surface area contributed by atoms with Crippen molar-refractivity contribution in [2.75, 3.05) is 13.1 Å². The highest BCUT2D eigenvalue weighted by molar-refractivity contribution is 5.32. The zero-order valence-electron chi connectivity index (χ0n) is 11.0. The molecule has 3 nitrogen and oxygen atoms in total. The molecule has 2 aliphatic heterocycles. The molecule has 0 amide bonds. The van der Waals surface area contributed by atoms with Crippen molar-refractivity contribution < 1.29 is 4.74 Å². The minimum atomic E-state index is 0.00720. The number of rotatable bonds is 2. The van der Waals surface area contributed by atoms with Crippen molar-refractivity contribution in [3.8, 4) is 6.07 Å². The van der Waals surface area contributed by atoms with Crippen LogP contribution in [0, 0.1) is 11.3 Å². The van der Waals surface area contributed by atoms with Gasteiger partial charge in [-0.1, -0.05) is 30.3 Å². The highest BCUT2D eigenvalue weighted by Crippen LogP contribution is 2.37. The van der Waals surface area contributed by atoms with Crippen LogP contribution in [-0.2, 0) is 4.74 Å². The number of likely N-dealkylation sites (tertiary alicyclic amines) is 1. The molecule has 0 spiro atoms. The van der Waals surface area contributed by atoms with Gasteiger partial charge < -0.3 is 9.64 Å². The smallest absolute Gasteiger partial charge is 0.204 e. The molecule has 3 heteroatoms. The highest BCUT2D eigenvalue weighted by Gasteiger charge is 2.31. The van der Waals surface area contributed by atoms with Crippen molar-refractivity contribution in [1.82, 2.24) is 4.90 Å². The van der Waals surface area contributed by atoms with E-state index in [0.29, 0.717) is 6.42 Å². The maximum atomic E-state index is 9.32. The monoisotopic (exact) mass is 254 g/mol. The Kier molecular flexibility index (Phi) is 3.41. The van der Waals surface area contributed by atoms with Crippen LogP contribution < -0.4 is 0 Å². The first-order chi connectivity index (χ1) is 9.38. The number of hydrogen-bond donors (Lipinski definition) is 0. The normalized spacial score (nSPS) is 23.1. The van der Waals surface area contributed by atoms with Crippen molar-refractivity contribution in [3.05, 3.63) is 47.4 Å². The van der Waals surface area contributed by atoms with E-state index in [9.17, 15) is 5.26 Å². The predicted molar refractivity (Wildman–Crippen MR) is 72.9 cm³/mol. The van der Waals surface area contributed by atoms with Crippen molar-refractivity contribution in [3.63, 3.8) is 0 Å². The lowest BCUT2D eigenvalue weighted by molar-refractivity contribution is 0.0663. The summed E-state index contributed by atoms with van der Waals surface area (Å²) in [5.74, 6) is 0.830. The van der Waals surface area contributed by atoms with E-state index >= 15 is 0 Å². The van der Waals surface area contributed by atoms with Crippen molar-refractivity contribution >= 4 is 0 Å². The van der Waals surface area contributed by atoms with Crippen LogP contribution in [0.4, 0.5) is 0 Å². The molecule has 1 unspecified atom stereocenters. The molecular formula is C16H18N2O. The molecule has 1 fully saturated rings. The first-order valence-corrected chi connectivity index (χ1v) is 6.98. The highest BCUT2D eigenvalue weighted by atomic mass is 16.5. The average Bonchev–Trinajstić information content (AvgIpc) is 2.93. The third-order valence-electron chi connectivity index (χ3n) is 3.85. The first kappa shape index (κ1) is 12.1. The summed E-state index contributed by atoms with van der Waals surface area (Å²) in [4.78, 5) is 2.24. The van der Waals surface area contributed by atoms with Crippen LogP contribution in [0.2, 0.25) is 0 Å². The molecule has 1 saturated heterocycles. The Morgan fingerprint density at radius 2 is 1.84 bits per heavy atom. The Hall–Kier alpha value is -1.95. The van der Waals surface area contributed by atoms with Crippen LogP contribution in [0.3, 0.4) is 0 Å². The van der Waals surface area contributed by atoms with E-state index in [-0.39, 0.29) is 6.10 Å². The lowest BCUT2D eigenvalue weighted by atomic mass is 10.0. The van der Waals surface area contributed by atoms with Crippen LogP contribution in [0.1, 0.15) is 37.4 Å². The number of nitrogens with zero attached hydrogens (tertiary/aromatic N) is 2. The minimum absolute atomic E-state index is 0.00720. The number of piperidine rings is 1. The molecule has 0 N–H and O–H groups in total. The second-order valence-corrected chi connectivity index (χ2v) is 5.16. The molecular weight excluding hydrogens is 236 g/mol. The van der Waals surface area contributed by atoms with Crippen LogP contribution >= 0.6 is 0 Å². The molecule has 0 aromatic heterocycles. The number of benzene rings is 1. The molecule has 0 saturated carbocycles. The van der Waals surface area contributed by atoms with E-state index in [1.54, 1.807) is 0 Å². The van der Waals surface area contributed by atoms with E-state index in [0.717, 1.165) is 30.1 Å². The summed E-state index contributed by atoms with van der Waals surface area (Å²) >= 11 is 0. The minimum Gasteiger partial charge on any atom is -0.470 e. The maximum absolute atomic E-state index is 9.32. The summed E-state index contributed by atoms with van der Waals surface area (Å²) in [6.07, 6.45) is 4.39. The number of ether oxygens (including phenoxy) is 1. The van der Waals surface area contributed by atoms with Gasteiger partial charge in [-0.05, 0) is 24.8 Å². The molecule has 0 aliphatic carbocycles. The molecule has 98 valence electrons. The second kappa shape index (κ2) is 5.36. The van der Waals surface area contributed by atoms with Crippen molar-refractivity contribution in [1.29, 1.82) is 5.26 Å². The molecule has 1 atom stereocenters. The fourth-order valence-electron chi connectivity index (χ4n) is 2.83. The Morgan fingerprint density at radius 1 is 1.11 bits per heavy atom. The van der Waals surface area contributed by atoms with Gasteiger partial charge in [-0.2, -0.15) is 5.26 Å². The zero-order valence-corrected chi connectivity index (χ0v) is 11.0.